The van der Waals surface area contributed by atoms with Gasteiger partial charge in [0.2, 0.25) is 12.6 Å². The molecule has 14 heteroatoms. The molecule has 0 radical (unpaired) electrons. The van der Waals surface area contributed by atoms with Crippen molar-refractivity contribution < 1.29 is 41.9 Å². The molecule has 1 unspecified atom stereocenters. The van der Waals surface area contributed by atoms with E-state index in [0.29, 0.717) is 6.20 Å². The van der Waals surface area contributed by atoms with E-state index in [-0.39, 0.29) is 12.2 Å². The van der Waals surface area contributed by atoms with Gasteiger partial charge in [0.25, 0.3) is 5.56 Å². The van der Waals surface area contributed by atoms with Gasteiger partial charge in [-0.05, 0) is 32.9 Å². The number of halogens is 1. The van der Waals surface area contributed by atoms with Gasteiger partial charge < -0.3 is 19.1 Å². The van der Waals surface area contributed by atoms with E-state index in [1.165, 1.54) is 12.1 Å². The van der Waals surface area contributed by atoms with Gasteiger partial charge >= 0.3 is 19.5 Å². The van der Waals surface area contributed by atoms with E-state index in [1.807, 2.05) is 0 Å². The number of aromatic amines is 1. The van der Waals surface area contributed by atoms with Crippen molar-refractivity contribution in [3.05, 3.63) is 63.2 Å². The van der Waals surface area contributed by atoms with Crippen LogP contribution in [0.4, 0.5) is 4.39 Å². The Hall–Kier alpha value is -2.83. The number of H-pyrrole nitrogens is 1. The van der Waals surface area contributed by atoms with Crippen molar-refractivity contribution in [2.75, 3.05) is 13.4 Å². The second kappa shape index (κ2) is 10.8. The molecule has 2 heterocycles. The SMILES string of the molecule is CC(C)(C)C(=O)OCOP(=O)(OC[C@H]1O[C@@H](n2cc(F)c(=O)[nH]c2=O)C[C@@H]1O)Oc1ccccc1. The number of hydrogen-bond acceptors (Lipinski definition) is 10. The summed E-state index contributed by atoms with van der Waals surface area (Å²) in [7, 11) is -4.39. The number of nitrogens with one attached hydrogen (secondary N) is 1. The zero-order valence-electron chi connectivity index (χ0n) is 19.2. The van der Waals surface area contributed by atoms with Crippen molar-refractivity contribution in [3.63, 3.8) is 0 Å². The first-order valence-electron chi connectivity index (χ1n) is 10.5. The lowest BCUT2D eigenvalue weighted by atomic mass is 9.98. The minimum Gasteiger partial charge on any atom is -0.437 e. The molecular formula is C21H26FN2O10P. The molecule has 1 saturated heterocycles. The average Bonchev–Trinajstić information content (AvgIpc) is 3.15. The van der Waals surface area contributed by atoms with Gasteiger partial charge in [-0.2, -0.15) is 4.39 Å². The van der Waals surface area contributed by atoms with Gasteiger partial charge in [-0.25, -0.2) is 13.9 Å². The third-order valence-corrected chi connectivity index (χ3v) is 6.13. The van der Waals surface area contributed by atoms with E-state index in [1.54, 1.807) is 44.0 Å². The molecule has 0 amide bonds. The fraction of sp³-hybridized carbons (Fsp3) is 0.476. The predicted molar refractivity (Wildman–Crippen MR) is 118 cm³/mol. The van der Waals surface area contributed by atoms with Gasteiger partial charge in [-0.1, -0.05) is 18.2 Å². The first kappa shape index (κ1) is 26.8. The number of phosphoric acid groups is 1. The Morgan fingerprint density at radius 3 is 2.60 bits per heavy atom. The molecule has 0 aliphatic carbocycles. The molecular weight excluding hydrogens is 490 g/mol. The molecule has 192 valence electrons. The van der Waals surface area contributed by atoms with Gasteiger partial charge in [0.1, 0.15) is 18.1 Å². The van der Waals surface area contributed by atoms with Crippen LogP contribution in [0.25, 0.3) is 0 Å². The predicted octanol–water partition coefficient (Wildman–Crippen LogP) is 2.09. The Morgan fingerprint density at radius 2 is 1.94 bits per heavy atom. The van der Waals surface area contributed by atoms with Gasteiger partial charge in [0, 0.05) is 6.42 Å². The van der Waals surface area contributed by atoms with E-state index in [4.69, 9.17) is 23.0 Å². The molecule has 1 fully saturated rings. The molecule has 4 atom stereocenters. The fourth-order valence-electron chi connectivity index (χ4n) is 2.94. The quantitative estimate of drug-likeness (QED) is 0.287. The minimum absolute atomic E-state index is 0.138. The second-order valence-corrected chi connectivity index (χ2v) is 10.2. The summed E-state index contributed by atoms with van der Waals surface area (Å²) < 4.78 is 54.0. The van der Waals surface area contributed by atoms with Crippen LogP contribution in [0.2, 0.25) is 0 Å². The van der Waals surface area contributed by atoms with Crippen LogP contribution in [-0.2, 0) is 27.9 Å². The Kier molecular flexibility index (Phi) is 8.29. The molecule has 2 aromatic rings. The van der Waals surface area contributed by atoms with E-state index in [2.05, 4.69) is 0 Å². The van der Waals surface area contributed by atoms with Crippen molar-refractivity contribution in [1.82, 2.24) is 9.55 Å². The van der Waals surface area contributed by atoms with Crippen LogP contribution in [0.3, 0.4) is 0 Å². The zero-order chi connectivity index (χ0) is 25.8. The highest BCUT2D eigenvalue weighted by molar-refractivity contribution is 7.48. The summed E-state index contributed by atoms with van der Waals surface area (Å²) in [5.74, 6) is -1.68. The summed E-state index contributed by atoms with van der Waals surface area (Å²) in [4.78, 5) is 37.0. The monoisotopic (exact) mass is 516 g/mol. The number of phosphoric ester groups is 1. The molecule has 0 bridgehead atoms. The molecule has 35 heavy (non-hydrogen) atoms. The largest absolute Gasteiger partial charge is 0.533 e. The molecule has 1 aliphatic rings. The molecule has 1 aromatic carbocycles. The summed E-state index contributed by atoms with van der Waals surface area (Å²) in [6.07, 6.45) is -2.92. The first-order chi connectivity index (χ1) is 16.4. The highest BCUT2D eigenvalue weighted by Crippen LogP contribution is 2.50. The number of aromatic nitrogens is 2. The van der Waals surface area contributed by atoms with Crippen LogP contribution in [0.1, 0.15) is 33.4 Å². The number of aliphatic hydroxyl groups is 1. The highest BCUT2D eigenvalue weighted by Gasteiger charge is 2.39. The summed E-state index contributed by atoms with van der Waals surface area (Å²) in [6, 6.07) is 7.93. The van der Waals surface area contributed by atoms with Crippen molar-refractivity contribution in [2.45, 2.75) is 45.6 Å². The zero-order valence-corrected chi connectivity index (χ0v) is 20.1. The van der Waals surface area contributed by atoms with E-state index in [9.17, 15) is 28.4 Å². The molecule has 0 saturated carbocycles. The van der Waals surface area contributed by atoms with Crippen molar-refractivity contribution in [2.24, 2.45) is 5.41 Å². The second-order valence-electron chi connectivity index (χ2n) is 8.65. The minimum atomic E-state index is -4.39. The number of benzene rings is 1. The maximum absolute atomic E-state index is 13.6. The van der Waals surface area contributed by atoms with Crippen LogP contribution < -0.4 is 15.8 Å². The van der Waals surface area contributed by atoms with Gasteiger partial charge in [0.05, 0.1) is 24.3 Å². The maximum Gasteiger partial charge on any atom is 0.533 e. The molecule has 1 aliphatic heterocycles. The molecule has 0 spiro atoms. The fourth-order valence-corrected chi connectivity index (χ4v) is 4.01. The van der Waals surface area contributed by atoms with Gasteiger partial charge in [-0.15, -0.1) is 0 Å². The van der Waals surface area contributed by atoms with E-state index < -0.39 is 68.1 Å². The highest BCUT2D eigenvalue weighted by atomic mass is 31.2. The lowest BCUT2D eigenvalue weighted by molar-refractivity contribution is -0.160. The molecule has 1 aromatic heterocycles. The Balaban J connectivity index is 1.68. The van der Waals surface area contributed by atoms with Gasteiger partial charge in [-0.3, -0.25) is 23.7 Å². The first-order valence-corrected chi connectivity index (χ1v) is 12.0. The van der Waals surface area contributed by atoms with Crippen LogP contribution in [-0.4, -0.2) is 46.2 Å². The number of nitrogens with zero attached hydrogens (tertiary/aromatic N) is 1. The molecule has 2 N–H and O–H groups in total. The summed E-state index contributed by atoms with van der Waals surface area (Å²) >= 11 is 0. The van der Waals surface area contributed by atoms with Crippen LogP contribution in [0, 0.1) is 11.2 Å². The summed E-state index contributed by atoms with van der Waals surface area (Å²) in [5.41, 5.74) is -2.95. The molecule has 3 rings (SSSR count). The number of para-hydroxylation sites is 1. The number of rotatable bonds is 9. The standard InChI is InChI=1S/C21H26FN2O10P/c1-21(2,3)19(27)30-12-32-35(29,34-13-7-5-4-6-8-13)31-11-16-15(25)9-17(33-16)24-10-14(22)18(26)23-20(24)28/h4-8,10,15-17,25H,9,11-12H2,1-3H3,(H,23,26,28)/t15-,16+,17+,35?/m0/s1. The maximum atomic E-state index is 13.6. The smallest absolute Gasteiger partial charge is 0.437 e. The number of esters is 1. The topological polar surface area (TPSA) is 155 Å². The number of hydrogen-bond donors (Lipinski definition) is 2. The van der Waals surface area contributed by atoms with Crippen LogP contribution >= 0.6 is 7.82 Å². The van der Waals surface area contributed by atoms with Crippen molar-refractivity contribution in [1.29, 1.82) is 0 Å². The lowest BCUT2D eigenvalue weighted by Crippen LogP contribution is -2.34. The van der Waals surface area contributed by atoms with E-state index in [0.717, 1.165) is 4.57 Å². The van der Waals surface area contributed by atoms with Gasteiger partial charge in [0.15, 0.2) is 0 Å². The number of carbonyl (C=O) groups is 1. The number of ether oxygens (including phenoxy) is 2. The summed E-state index contributed by atoms with van der Waals surface area (Å²) in [6.45, 7) is 3.63. The number of aliphatic hydroxyl groups excluding tert-OH is 1. The Morgan fingerprint density at radius 1 is 1.26 bits per heavy atom. The molecule has 12 nitrogen and oxygen atoms in total. The Labute approximate surface area is 199 Å². The lowest BCUT2D eigenvalue weighted by Gasteiger charge is -2.22. The van der Waals surface area contributed by atoms with Crippen LogP contribution in [0.15, 0.2) is 46.1 Å². The van der Waals surface area contributed by atoms with Crippen molar-refractivity contribution in [3.8, 4) is 5.75 Å². The van der Waals surface area contributed by atoms with E-state index >= 15 is 0 Å². The van der Waals surface area contributed by atoms with Crippen LogP contribution in [0.5, 0.6) is 5.75 Å². The number of carbonyl (C=O) groups excluding carboxylic acids is 1. The third-order valence-electron chi connectivity index (χ3n) is 4.81. The normalized spacial score (nSPS) is 21.9. The third kappa shape index (κ3) is 7.09. The average molecular weight is 516 g/mol. The summed E-state index contributed by atoms with van der Waals surface area (Å²) in [5, 5.41) is 10.3. The Bertz CT molecular complexity index is 1190. The van der Waals surface area contributed by atoms with Crippen molar-refractivity contribution >= 4 is 13.8 Å².